The van der Waals surface area contributed by atoms with Crippen LogP contribution in [0.1, 0.15) is 31.2 Å². The molecule has 98 valence electrons. The lowest BCUT2D eigenvalue weighted by Crippen LogP contribution is -2.42. The highest BCUT2D eigenvalue weighted by molar-refractivity contribution is 5.76. The SMILES string of the molecule is NCC1(CC(=O)NCCc2ccccc2)CCC1. The Balaban J connectivity index is 1.69. The molecule has 2 rings (SSSR count). The van der Waals surface area contributed by atoms with Gasteiger partial charge >= 0.3 is 0 Å². The third kappa shape index (κ3) is 3.33. The third-order valence-corrected chi connectivity index (χ3v) is 3.96. The van der Waals surface area contributed by atoms with E-state index >= 15 is 0 Å². The molecule has 1 amide bonds. The van der Waals surface area contributed by atoms with Crippen molar-refractivity contribution in [1.29, 1.82) is 0 Å². The summed E-state index contributed by atoms with van der Waals surface area (Å²) in [5.41, 5.74) is 7.12. The number of amides is 1. The van der Waals surface area contributed by atoms with Crippen molar-refractivity contribution in [1.82, 2.24) is 5.32 Å². The largest absolute Gasteiger partial charge is 0.356 e. The monoisotopic (exact) mass is 246 g/mol. The van der Waals surface area contributed by atoms with E-state index in [4.69, 9.17) is 5.73 Å². The van der Waals surface area contributed by atoms with Gasteiger partial charge in [0.05, 0.1) is 0 Å². The summed E-state index contributed by atoms with van der Waals surface area (Å²) in [6, 6.07) is 10.2. The highest BCUT2D eigenvalue weighted by Crippen LogP contribution is 2.42. The number of carbonyl (C=O) groups excluding carboxylic acids is 1. The summed E-state index contributed by atoms with van der Waals surface area (Å²) in [7, 11) is 0. The highest BCUT2D eigenvalue weighted by atomic mass is 16.1. The molecule has 3 heteroatoms. The van der Waals surface area contributed by atoms with Gasteiger partial charge in [-0.25, -0.2) is 0 Å². The molecular formula is C15H22N2O. The Labute approximate surface area is 109 Å². The first kappa shape index (κ1) is 13.1. The molecular weight excluding hydrogens is 224 g/mol. The second-order valence-electron chi connectivity index (χ2n) is 5.32. The zero-order valence-electron chi connectivity index (χ0n) is 10.8. The van der Waals surface area contributed by atoms with Crippen LogP contribution in [0.3, 0.4) is 0 Å². The minimum atomic E-state index is 0.108. The predicted molar refractivity (Wildman–Crippen MR) is 73.1 cm³/mol. The summed E-state index contributed by atoms with van der Waals surface area (Å²) in [6.07, 6.45) is 4.92. The molecule has 3 N–H and O–H groups in total. The topological polar surface area (TPSA) is 55.1 Å². The van der Waals surface area contributed by atoms with Crippen LogP contribution in [0.2, 0.25) is 0 Å². The summed E-state index contributed by atoms with van der Waals surface area (Å²) in [5.74, 6) is 0.149. The number of hydrogen-bond donors (Lipinski definition) is 2. The second kappa shape index (κ2) is 6.01. The predicted octanol–water partition coefficient (Wildman–Crippen LogP) is 1.86. The van der Waals surface area contributed by atoms with Crippen LogP contribution in [0.5, 0.6) is 0 Å². The molecule has 0 radical (unpaired) electrons. The zero-order chi connectivity index (χ0) is 12.8. The summed E-state index contributed by atoms with van der Waals surface area (Å²) in [5, 5.41) is 2.99. The van der Waals surface area contributed by atoms with Crippen LogP contribution in [0.25, 0.3) is 0 Å². The van der Waals surface area contributed by atoms with Gasteiger partial charge in [0.2, 0.25) is 5.91 Å². The molecule has 0 spiro atoms. The smallest absolute Gasteiger partial charge is 0.220 e. The van der Waals surface area contributed by atoms with Gasteiger partial charge < -0.3 is 11.1 Å². The highest BCUT2D eigenvalue weighted by Gasteiger charge is 2.37. The molecule has 1 fully saturated rings. The molecule has 1 aliphatic rings. The second-order valence-corrected chi connectivity index (χ2v) is 5.32. The van der Waals surface area contributed by atoms with Crippen molar-refractivity contribution < 1.29 is 4.79 Å². The van der Waals surface area contributed by atoms with E-state index in [2.05, 4.69) is 17.4 Å². The van der Waals surface area contributed by atoms with Crippen molar-refractivity contribution >= 4 is 5.91 Å². The maximum absolute atomic E-state index is 11.8. The Hall–Kier alpha value is -1.35. The third-order valence-electron chi connectivity index (χ3n) is 3.96. The molecule has 0 aliphatic heterocycles. The average Bonchev–Trinajstić information content (AvgIpc) is 2.35. The van der Waals surface area contributed by atoms with E-state index in [0.717, 1.165) is 19.3 Å². The van der Waals surface area contributed by atoms with Crippen molar-refractivity contribution in [2.75, 3.05) is 13.1 Å². The van der Waals surface area contributed by atoms with Crippen LogP contribution in [0.15, 0.2) is 30.3 Å². The molecule has 0 bridgehead atoms. The van der Waals surface area contributed by atoms with Crippen molar-refractivity contribution in [3.8, 4) is 0 Å². The zero-order valence-corrected chi connectivity index (χ0v) is 10.8. The Kier molecular flexibility index (Phi) is 4.37. The minimum absolute atomic E-state index is 0.108. The van der Waals surface area contributed by atoms with E-state index in [1.807, 2.05) is 18.2 Å². The number of hydrogen-bond acceptors (Lipinski definition) is 2. The van der Waals surface area contributed by atoms with E-state index < -0.39 is 0 Å². The summed E-state index contributed by atoms with van der Waals surface area (Å²) in [4.78, 5) is 11.8. The number of carbonyl (C=O) groups is 1. The van der Waals surface area contributed by atoms with Gasteiger partial charge in [0.25, 0.3) is 0 Å². The van der Waals surface area contributed by atoms with Gasteiger partial charge in [-0.05, 0) is 36.8 Å². The van der Waals surface area contributed by atoms with Gasteiger partial charge in [0.15, 0.2) is 0 Å². The van der Waals surface area contributed by atoms with Gasteiger partial charge in [-0.15, -0.1) is 0 Å². The van der Waals surface area contributed by atoms with Gasteiger partial charge in [0.1, 0.15) is 0 Å². The normalized spacial score (nSPS) is 16.9. The quantitative estimate of drug-likeness (QED) is 0.805. The Morgan fingerprint density at radius 3 is 2.56 bits per heavy atom. The number of nitrogens with one attached hydrogen (secondary N) is 1. The maximum atomic E-state index is 11.8. The molecule has 0 atom stereocenters. The van der Waals surface area contributed by atoms with Crippen LogP contribution in [0.4, 0.5) is 0 Å². The number of rotatable bonds is 6. The van der Waals surface area contributed by atoms with Crippen LogP contribution >= 0.6 is 0 Å². The molecule has 0 unspecified atom stereocenters. The Morgan fingerprint density at radius 2 is 2.00 bits per heavy atom. The van der Waals surface area contributed by atoms with Crippen molar-refractivity contribution in [2.45, 2.75) is 32.1 Å². The fourth-order valence-corrected chi connectivity index (χ4v) is 2.52. The molecule has 0 saturated heterocycles. The number of nitrogens with two attached hydrogens (primary N) is 1. The van der Waals surface area contributed by atoms with Crippen molar-refractivity contribution in [3.05, 3.63) is 35.9 Å². The molecule has 1 saturated carbocycles. The molecule has 3 nitrogen and oxygen atoms in total. The molecule has 1 aromatic rings. The minimum Gasteiger partial charge on any atom is -0.356 e. The molecule has 0 aromatic heterocycles. The Morgan fingerprint density at radius 1 is 1.28 bits per heavy atom. The summed E-state index contributed by atoms with van der Waals surface area (Å²) < 4.78 is 0. The van der Waals surface area contributed by atoms with Crippen molar-refractivity contribution in [2.24, 2.45) is 11.1 Å². The van der Waals surface area contributed by atoms with Crippen LogP contribution in [-0.2, 0) is 11.2 Å². The van der Waals surface area contributed by atoms with Crippen LogP contribution in [-0.4, -0.2) is 19.0 Å². The first-order valence-corrected chi connectivity index (χ1v) is 6.75. The average molecular weight is 246 g/mol. The number of benzene rings is 1. The first-order valence-electron chi connectivity index (χ1n) is 6.75. The lowest BCUT2D eigenvalue weighted by Gasteiger charge is -2.40. The first-order chi connectivity index (χ1) is 8.74. The Bertz CT molecular complexity index is 379. The molecule has 1 aliphatic carbocycles. The lowest BCUT2D eigenvalue weighted by molar-refractivity contribution is -0.124. The van der Waals surface area contributed by atoms with Gasteiger partial charge in [0, 0.05) is 13.0 Å². The molecule has 18 heavy (non-hydrogen) atoms. The van der Waals surface area contributed by atoms with Crippen molar-refractivity contribution in [3.63, 3.8) is 0 Å². The van der Waals surface area contributed by atoms with E-state index in [1.54, 1.807) is 0 Å². The van der Waals surface area contributed by atoms with Gasteiger partial charge in [-0.1, -0.05) is 36.8 Å². The van der Waals surface area contributed by atoms with Crippen LogP contribution in [0, 0.1) is 5.41 Å². The fourth-order valence-electron chi connectivity index (χ4n) is 2.52. The van der Waals surface area contributed by atoms with Gasteiger partial charge in [-0.3, -0.25) is 4.79 Å². The van der Waals surface area contributed by atoms with Gasteiger partial charge in [-0.2, -0.15) is 0 Å². The van der Waals surface area contributed by atoms with Crippen LogP contribution < -0.4 is 11.1 Å². The van der Waals surface area contributed by atoms with E-state index in [0.29, 0.717) is 19.5 Å². The fraction of sp³-hybridized carbons (Fsp3) is 0.533. The lowest BCUT2D eigenvalue weighted by atomic mass is 9.66. The molecule has 1 aromatic carbocycles. The molecule has 0 heterocycles. The maximum Gasteiger partial charge on any atom is 0.220 e. The standard InChI is InChI=1S/C15H22N2O/c16-12-15(8-4-9-15)11-14(18)17-10-7-13-5-2-1-3-6-13/h1-3,5-6H,4,7-12,16H2,(H,17,18). The summed E-state index contributed by atoms with van der Waals surface area (Å²) in [6.45, 7) is 1.35. The van der Waals surface area contributed by atoms with E-state index in [-0.39, 0.29) is 11.3 Å². The van der Waals surface area contributed by atoms with E-state index in [1.165, 1.54) is 12.0 Å². The van der Waals surface area contributed by atoms with E-state index in [9.17, 15) is 4.79 Å². The summed E-state index contributed by atoms with van der Waals surface area (Å²) >= 11 is 0.